The summed E-state index contributed by atoms with van der Waals surface area (Å²) in [6.45, 7) is 1.95. The fourth-order valence-electron chi connectivity index (χ4n) is 2.15. The van der Waals surface area contributed by atoms with E-state index in [4.69, 9.17) is 9.47 Å². The lowest BCUT2D eigenvalue weighted by atomic mass is 10.1. The van der Waals surface area contributed by atoms with E-state index < -0.39 is 18.5 Å². The quantitative estimate of drug-likeness (QED) is 0.460. The number of ether oxygens (including phenoxy) is 2. The third-order valence-corrected chi connectivity index (χ3v) is 3.99. The first-order valence-corrected chi connectivity index (χ1v) is 9.19. The fourth-order valence-corrected chi connectivity index (χ4v) is 2.41. The Morgan fingerprint density at radius 2 is 1.93 bits per heavy atom. The molecule has 144 valence electrons. The number of benzene rings is 1. The molecule has 1 aromatic heterocycles. The first-order chi connectivity index (χ1) is 13.0. The topological polar surface area (TPSA) is 110 Å². The molecule has 27 heavy (non-hydrogen) atoms. The number of nitrogens with one attached hydrogen (secondary N) is 2. The molecular weight excluding hydrogens is 418 g/mol. The minimum absolute atomic E-state index is 0.156. The number of hydrogen-bond donors (Lipinski definition) is 2. The molecule has 2 N–H and O–H groups in total. The van der Waals surface area contributed by atoms with Crippen molar-refractivity contribution in [2.24, 2.45) is 0 Å². The van der Waals surface area contributed by atoms with E-state index >= 15 is 0 Å². The van der Waals surface area contributed by atoms with Gasteiger partial charge < -0.3 is 14.8 Å². The highest BCUT2D eigenvalue weighted by atomic mass is 79.9. The zero-order valence-corrected chi connectivity index (χ0v) is 16.4. The summed E-state index contributed by atoms with van der Waals surface area (Å²) in [4.78, 5) is 34.8. The number of esters is 2. The summed E-state index contributed by atoms with van der Waals surface area (Å²) in [6.07, 6.45) is 0.677. The van der Waals surface area contributed by atoms with Gasteiger partial charge in [0.2, 0.25) is 0 Å². The lowest BCUT2D eigenvalue weighted by Crippen LogP contribution is -2.30. The molecule has 0 saturated carbocycles. The highest BCUT2D eigenvalue weighted by Gasteiger charge is 2.14. The van der Waals surface area contributed by atoms with E-state index in [2.05, 4.69) is 31.4 Å². The van der Waals surface area contributed by atoms with E-state index in [9.17, 15) is 14.4 Å². The number of amides is 1. The predicted molar refractivity (Wildman–Crippen MR) is 101 cm³/mol. The van der Waals surface area contributed by atoms with Crippen molar-refractivity contribution >= 4 is 33.8 Å². The van der Waals surface area contributed by atoms with E-state index in [1.807, 2.05) is 24.3 Å². The molecule has 0 aliphatic carbocycles. The van der Waals surface area contributed by atoms with Gasteiger partial charge in [-0.25, -0.2) is 4.79 Å². The second-order valence-electron chi connectivity index (χ2n) is 5.51. The van der Waals surface area contributed by atoms with Gasteiger partial charge in [0, 0.05) is 23.0 Å². The number of carbonyl (C=O) groups is 3. The normalized spacial score (nSPS) is 10.3. The molecule has 0 atom stereocenters. The van der Waals surface area contributed by atoms with Crippen molar-refractivity contribution in [2.75, 3.05) is 19.8 Å². The molecular formula is C18H20BrN3O5. The second-order valence-corrected chi connectivity index (χ2v) is 6.42. The third kappa shape index (κ3) is 6.86. The van der Waals surface area contributed by atoms with Gasteiger partial charge in [0.25, 0.3) is 5.91 Å². The maximum Gasteiger partial charge on any atom is 0.356 e. The minimum Gasteiger partial charge on any atom is -0.466 e. The molecule has 0 spiro atoms. The molecule has 0 aliphatic heterocycles. The number of nitrogens with zero attached hydrogens (tertiary/aromatic N) is 1. The van der Waals surface area contributed by atoms with Crippen molar-refractivity contribution in [3.8, 4) is 11.3 Å². The highest BCUT2D eigenvalue weighted by molar-refractivity contribution is 9.10. The van der Waals surface area contributed by atoms with E-state index in [1.54, 1.807) is 13.0 Å². The summed E-state index contributed by atoms with van der Waals surface area (Å²) < 4.78 is 10.7. The Labute approximate surface area is 164 Å². The van der Waals surface area contributed by atoms with Crippen molar-refractivity contribution < 1.29 is 23.9 Å². The smallest absolute Gasteiger partial charge is 0.356 e. The van der Waals surface area contributed by atoms with Crippen LogP contribution in [0.15, 0.2) is 34.8 Å². The van der Waals surface area contributed by atoms with Gasteiger partial charge in [0.1, 0.15) is 5.69 Å². The molecule has 1 amide bonds. The maximum atomic E-state index is 12.0. The standard InChI is InChI=1S/C18H20BrN3O5/c1-2-26-17(24)4-3-9-20-16(23)11-27-18(25)15-10-14(21-22-15)12-5-7-13(19)8-6-12/h5-8,10H,2-4,9,11H2,1H3,(H,20,23)(H,21,22). The van der Waals surface area contributed by atoms with Crippen LogP contribution in [0.4, 0.5) is 0 Å². The van der Waals surface area contributed by atoms with Crippen LogP contribution in [0, 0.1) is 0 Å². The predicted octanol–water partition coefficient (Wildman–Crippen LogP) is 2.46. The third-order valence-electron chi connectivity index (χ3n) is 3.46. The molecule has 1 aromatic carbocycles. The number of aromatic amines is 1. The van der Waals surface area contributed by atoms with Crippen LogP contribution in [0.1, 0.15) is 30.3 Å². The largest absolute Gasteiger partial charge is 0.466 e. The van der Waals surface area contributed by atoms with Gasteiger partial charge in [-0.2, -0.15) is 5.10 Å². The van der Waals surface area contributed by atoms with Crippen LogP contribution in [-0.2, 0) is 19.1 Å². The average molecular weight is 438 g/mol. The van der Waals surface area contributed by atoms with Gasteiger partial charge in [0.15, 0.2) is 6.61 Å². The molecule has 0 saturated heterocycles. The Hall–Kier alpha value is -2.68. The van der Waals surface area contributed by atoms with E-state index in [0.717, 1.165) is 10.0 Å². The first-order valence-electron chi connectivity index (χ1n) is 8.40. The molecule has 0 aliphatic rings. The SMILES string of the molecule is CCOC(=O)CCCNC(=O)COC(=O)c1cc(-c2ccc(Br)cc2)n[nH]1. The van der Waals surface area contributed by atoms with Gasteiger partial charge in [-0.15, -0.1) is 0 Å². The monoisotopic (exact) mass is 437 g/mol. The van der Waals surface area contributed by atoms with Gasteiger partial charge >= 0.3 is 11.9 Å². The van der Waals surface area contributed by atoms with Crippen LogP contribution < -0.4 is 5.32 Å². The molecule has 9 heteroatoms. The summed E-state index contributed by atoms with van der Waals surface area (Å²) in [6, 6.07) is 9.02. The van der Waals surface area contributed by atoms with Gasteiger partial charge in [-0.05, 0) is 31.5 Å². The van der Waals surface area contributed by atoms with E-state index in [-0.39, 0.29) is 18.1 Å². The Balaban J connectivity index is 1.73. The Kier molecular flexibility index (Phi) is 8.00. The average Bonchev–Trinajstić information content (AvgIpc) is 3.14. The number of H-pyrrole nitrogens is 1. The summed E-state index contributed by atoms with van der Waals surface area (Å²) in [5.41, 5.74) is 1.59. The molecule has 8 nitrogen and oxygen atoms in total. The molecule has 1 heterocycles. The molecule has 0 radical (unpaired) electrons. The molecule has 2 aromatic rings. The summed E-state index contributed by atoms with van der Waals surface area (Å²) in [5, 5.41) is 9.24. The van der Waals surface area contributed by atoms with Crippen LogP contribution >= 0.6 is 15.9 Å². The van der Waals surface area contributed by atoms with Crippen LogP contribution in [0.3, 0.4) is 0 Å². The van der Waals surface area contributed by atoms with Crippen LogP contribution in [-0.4, -0.2) is 47.8 Å². The number of rotatable bonds is 9. The Morgan fingerprint density at radius 3 is 2.63 bits per heavy atom. The zero-order valence-electron chi connectivity index (χ0n) is 14.8. The lowest BCUT2D eigenvalue weighted by Gasteiger charge is -2.05. The summed E-state index contributed by atoms with van der Waals surface area (Å²) in [5.74, 6) is -1.42. The summed E-state index contributed by atoms with van der Waals surface area (Å²) in [7, 11) is 0. The van der Waals surface area contributed by atoms with Gasteiger partial charge in [-0.3, -0.25) is 14.7 Å². The zero-order chi connectivity index (χ0) is 19.6. The van der Waals surface area contributed by atoms with Crippen molar-refractivity contribution in [3.63, 3.8) is 0 Å². The number of aromatic nitrogens is 2. The van der Waals surface area contributed by atoms with Crippen LogP contribution in [0.25, 0.3) is 11.3 Å². The second kappa shape index (κ2) is 10.5. The number of halogens is 1. The van der Waals surface area contributed by atoms with E-state index in [0.29, 0.717) is 25.3 Å². The van der Waals surface area contributed by atoms with Crippen LogP contribution in [0.5, 0.6) is 0 Å². The van der Waals surface area contributed by atoms with Crippen molar-refractivity contribution in [1.29, 1.82) is 0 Å². The van der Waals surface area contributed by atoms with Crippen molar-refractivity contribution in [3.05, 3.63) is 40.5 Å². The van der Waals surface area contributed by atoms with Crippen molar-refractivity contribution in [2.45, 2.75) is 19.8 Å². The van der Waals surface area contributed by atoms with E-state index in [1.165, 1.54) is 0 Å². The molecule has 0 bridgehead atoms. The number of carbonyl (C=O) groups excluding carboxylic acids is 3. The molecule has 0 fully saturated rings. The fraction of sp³-hybridized carbons (Fsp3) is 0.333. The first kappa shape index (κ1) is 20.6. The minimum atomic E-state index is -0.674. The molecule has 2 rings (SSSR count). The summed E-state index contributed by atoms with van der Waals surface area (Å²) >= 11 is 3.35. The van der Waals surface area contributed by atoms with Gasteiger partial charge in [-0.1, -0.05) is 28.1 Å². The lowest BCUT2D eigenvalue weighted by molar-refractivity contribution is -0.143. The van der Waals surface area contributed by atoms with Crippen molar-refractivity contribution in [1.82, 2.24) is 15.5 Å². The van der Waals surface area contributed by atoms with Gasteiger partial charge in [0.05, 0.1) is 12.3 Å². The highest BCUT2D eigenvalue weighted by Crippen LogP contribution is 2.20. The van der Waals surface area contributed by atoms with Crippen LogP contribution in [0.2, 0.25) is 0 Å². The molecule has 0 unspecified atom stereocenters. The Bertz CT molecular complexity index is 789. The Morgan fingerprint density at radius 1 is 1.19 bits per heavy atom. The number of hydrogen-bond acceptors (Lipinski definition) is 6. The maximum absolute atomic E-state index is 12.0.